The molecule has 202 valence electrons. The van der Waals surface area contributed by atoms with Gasteiger partial charge in [-0.05, 0) is 31.4 Å². The molecular formula is C29H42N4O4. The largest absolute Gasteiger partial charge is 0.489 e. The summed E-state index contributed by atoms with van der Waals surface area (Å²) in [7, 11) is 2.09. The Bertz CT molecular complexity index is 1010. The number of carbonyl (C=O) groups is 3. The number of ether oxygens (including phenoxy) is 1. The Morgan fingerprint density at radius 2 is 1.73 bits per heavy atom. The summed E-state index contributed by atoms with van der Waals surface area (Å²) in [6.45, 7) is 10.9. The summed E-state index contributed by atoms with van der Waals surface area (Å²) in [5.74, 6) is 1.07. The normalized spacial score (nSPS) is 23.9. The Labute approximate surface area is 221 Å². The van der Waals surface area contributed by atoms with Crippen LogP contribution < -0.4 is 4.74 Å². The maximum Gasteiger partial charge on any atom is 0.242 e. The minimum Gasteiger partial charge on any atom is -0.489 e. The van der Waals surface area contributed by atoms with Gasteiger partial charge >= 0.3 is 0 Å². The second-order valence-corrected chi connectivity index (χ2v) is 11.7. The van der Waals surface area contributed by atoms with E-state index in [1.807, 2.05) is 60.9 Å². The third kappa shape index (κ3) is 6.92. The van der Waals surface area contributed by atoms with Crippen molar-refractivity contribution in [3.63, 3.8) is 0 Å². The van der Waals surface area contributed by atoms with Crippen molar-refractivity contribution in [3.8, 4) is 5.75 Å². The average Bonchev–Trinajstić information content (AvgIpc) is 2.87. The number of piperazine rings is 1. The Kier molecular flexibility index (Phi) is 8.57. The van der Waals surface area contributed by atoms with Crippen LogP contribution in [0.2, 0.25) is 0 Å². The van der Waals surface area contributed by atoms with Gasteiger partial charge < -0.3 is 24.3 Å². The van der Waals surface area contributed by atoms with Gasteiger partial charge in [0.2, 0.25) is 17.7 Å². The van der Waals surface area contributed by atoms with E-state index in [9.17, 15) is 14.4 Å². The molecule has 3 aliphatic heterocycles. The lowest BCUT2D eigenvalue weighted by Gasteiger charge is -2.40. The van der Waals surface area contributed by atoms with Crippen molar-refractivity contribution in [1.82, 2.24) is 19.6 Å². The van der Waals surface area contributed by atoms with Crippen LogP contribution in [0.25, 0.3) is 0 Å². The Morgan fingerprint density at radius 3 is 2.46 bits per heavy atom. The fourth-order valence-electron chi connectivity index (χ4n) is 5.42. The second kappa shape index (κ2) is 11.7. The van der Waals surface area contributed by atoms with Crippen LogP contribution in [0.4, 0.5) is 0 Å². The quantitative estimate of drug-likeness (QED) is 0.572. The lowest BCUT2D eigenvalue weighted by atomic mass is 9.82. The van der Waals surface area contributed by atoms with Crippen molar-refractivity contribution in [2.24, 2.45) is 17.3 Å². The SMILES string of the molecule is CN1CCN(C(=O)C[C@@H]2CCN3C[C@@H]2C=CCOc2ccccc2CN(C(=O)C(C)(C)C)CC3=O)CC1. The standard InChI is InChI=1S/C29H42N4O4/c1-29(2,3)28(36)33-20-24-8-5-6-10-25(24)37-17-7-9-23-19-32(27(35)21-33)12-11-22(23)18-26(34)31-15-13-30(4)14-16-31/h5-10,22-23H,11-21H2,1-4H3/t22-,23-/m0/s1. The van der Waals surface area contributed by atoms with Crippen LogP contribution in [0.1, 0.15) is 39.2 Å². The smallest absolute Gasteiger partial charge is 0.242 e. The number of rotatable bonds is 2. The number of piperidine rings is 1. The molecule has 2 fully saturated rings. The van der Waals surface area contributed by atoms with Gasteiger partial charge in [-0.25, -0.2) is 0 Å². The number of likely N-dealkylation sites (N-methyl/N-ethyl adjacent to an activating group) is 1. The summed E-state index contributed by atoms with van der Waals surface area (Å²) in [4.78, 5) is 47.7. The molecule has 2 saturated heterocycles. The van der Waals surface area contributed by atoms with Crippen LogP contribution >= 0.6 is 0 Å². The van der Waals surface area contributed by atoms with Gasteiger partial charge in [0.05, 0.1) is 0 Å². The van der Waals surface area contributed by atoms with Crippen molar-refractivity contribution >= 4 is 17.7 Å². The number of hydrogen-bond acceptors (Lipinski definition) is 5. The van der Waals surface area contributed by atoms with Gasteiger partial charge in [0.1, 0.15) is 18.9 Å². The van der Waals surface area contributed by atoms with Crippen LogP contribution in [0.3, 0.4) is 0 Å². The summed E-state index contributed by atoms with van der Waals surface area (Å²) in [5.41, 5.74) is 0.277. The fourth-order valence-corrected chi connectivity index (χ4v) is 5.42. The molecule has 8 heteroatoms. The van der Waals surface area contributed by atoms with Gasteiger partial charge in [0.15, 0.2) is 0 Å². The zero-order valence-corrected chi connectivity index (χ0v) is 22.8. The molecule has 0 aromatic heterocycles. The summed E-state index contributed by atoms with van der Waals surface area (Å²) in [5, 5.41) is 0. The number of carbonyl (C=O) groups excluding carboxylic acids is 3. The van der Waals surface area contributed by atoms with E-state index in [0.29, 0.717) is 32.7 Å². The highest BCUT2D eigenvalue weighted by atomic mass is 16.5. The third-order valence-corrected chi connectivity index (χ3v) is 7.76. The molecule has 3 amide bonds. The molecule has 1 aromatic rings. The predicted octanol–water partition coefficient (Wildman–Crippen LogP) is 2.64. The van der Waals surface area contributed by atoms with Crippen LogP contribution in [-0.4, -0.2) is 96.8 Å². The number of fused-ring (bicyclic) bond motifs is 3. The van der Waals surface area contributed by atoms with Gasteiger partial charge in [0, 0.05) is 63.2 Å². The molecule has 4 rings (SSSR count). The molecule has 1 aromatic carbocycles. The minimum absolute atomic E-state index is 0.0335. The van der Waals surface area contributed by atoms with Gasteiger partial charge in [0.25, 0.3) is 0 Å². The molecule has 0 saturated carbocycles. The summed E-state index contributed by atoms with van der Waals surface area (Å²) < 4.78 is 6.10. The Morgan fingerprint density at radius 1 is 1.00 bits per heavy atom. The minimum atomic E-state index is -0.606. The van der Waals surface area contributed by atoms with E-state index >= 15 is 0 Å². The van der Waals surface area contributed by atoms with Gasteiger partial charge in [-0.15, -0.1) is 0 Å². The molecule has 3 heterocycles. The van der Waals surface area contributed by atoms with E-state index < -0.39 is 5.41 Å². The monoisotopic (exact) mass is 510 g/mol. The maximum atomic E-state index is 13.5. The van der Waals surface area contributed by atoms with Gasteiger partial charge in [-0.1, -0.05) is 51.1 Å². The van der Waals surface area contributed by atoms with Crippen molar-refractivity contribution in [2.75, 3.05) is 59.5 Å². The highest BCUT2D eigenvalue weighted by molar-refractivity contribution is 5.87. The van der Waals surface area contributed by atoms with Crippen molar-refractivity contribution < 1.29 is 19.1 Å². The molecule has 0 radical (unpaired) electrons. The van der Waals surface area contributed by atoms with Crippen molar-refractivity contribution in [2.45, 2.75) is 40.2 Å². The molecule has 8 nitrogen and oxygen atoms in total. The van der Waals surface area contributed by atoms with E-state index in [4.69, 9.17) is 4.74 Å². The summed E-state index contributed by atoms with van der Waals surface area (Å²) >= 11 is 0. The summed E-state index contributed by atoms with van der Waals surface area (Å²) in [6.07, 6.45) is 5.41. The van der Waals surface area contributed by atoms with E-state index in [-0.39, 0.29) is 36.1 Å². The Hall–Kier alpha value is -2.87. The number of benzene rings is 1. The number of nitrogens with zero attached hydrogens (tertiary/aromatic N) is 4. The third-order valence-electron chi connectivity index (χ3n) is 7.76. The first-order chi connectivity index (χ1) is 17.6. The van der Waals surface area contributed by atoms with E-state index in [0.717, 1.165) is 43.9 Å². The average molecular weight is 511 g/mol. The number of hydrogen-bond donors (Lipinski definition) is 0. The molecular weight excluding hydrogens is 468 g/mol. The lowest BCUT2D eigenvalue weighted by molar-refractivity contribution is -0.147. The van der Waals surface area contributed by atoms with E-state index in [1.54, 1.807) is 4.90 Å². The first-order valence-electron chi connectivity index (χ1n) is 13.5. The van der Waals surface area contributed by atoms with Crippen LogP contribution in [0, 0.1) is 17.3 Å². The fraction of sp³-hybridized carbons (Fsp3) is 0.621. The Balaban J connectivity index is 1.54. The zero-order valence-electron chi connectivity index (χ0n) is 22.8. The summed E-state index contributed by atoms with van der Waals surface area (Å²) in [6, 6.07) is 7.70. The predicted molar refractivity (Wildman–Crippen MR) is 143 cm³/mol. The topological polar surface area (TPSA) is 73.4 Å². The number of para-hydroxylation sites is 1. The molecule has 0 aliphatic carbocycles. The molecule has 0 spiro atoms. The molecule has 0 unspecified atom stereocenters. The molecule has 3 aliphatic rings. The first-order valence-corrected chi connectivity index (χ1v) is 13.5. The van der Waals surface area contributed by atoms with E-state index in [1.165, 1.54) is 0 Å². The highest BCUT2D eigenvalue weighted by Gasteiger charge is 2.35. The molecule has 0 N–H and O–H groups in total. The zero-order chi connectivity index (χ0) is 26.6. The first kappa shape index (κ1) is 27.2. The van der Waals surface area contributed by atoms with Gasteiger partial charge in [-0.3, -0.25) is 14.4 Å². The number of amides is 3. The molecule has 2 atom stereocenters. The van der Waals surface area contributed by atoms with Crippen LogP contribution in [0.15, 0.2) is 36.4 Å². The van der Waals surface area contributed by atoms with Gasteiger partial charge in [-0.2, -0.15) is 0 Å². The lowest BCUT2D eigenvalue weighted by Crippen LogP contribution is -2.51. The van der Waals surface area contributed by atoms with Crippen molar-refractivity contribution in [1.29, 1.82) is 0 Å². The second-order valence-electron chi connectivity index (χ2n) is 11.7. The van der Waals surface area contributed by atoms with Crippen LogP contribution in [0.5, 0.6) is 5.75 Å². The molecule has 2 bridgehead atoms. The van der Waals surface area contributed by atoms with E-state index in [2.05, 4.69) is 18.0 Å². The maximum absolute atomic E-state index is 13.5. The molecule has 37 heavy (non-hydrogen) atoms. The highest BCUT2D eigenvalue weighted by Crippen LogP contribution is 2.30. The van der Waals surface area contributed by atoms with Crippen LogP contribution in [-0.2, 0) is 20.9 Å². The van der Waals surface area contributed by atoms with Crippen molar-refractivity contribution in [3.05, 3.63) is 42.0 Å².